The summed E-state index contributed by atoms with van der Waals surface area (Å²) < 4.78 is 25.2. The number of carbonyl (C=O) groups excluding carboxylic acids is 1. The maximum atomic E-state index is 12.8. The molecule has 2 amide bonds. The molecule has 0 radical (unpaired) electrons. The van der Waals surface area contributed by atoms with Gasteiger partial charge < -0.3 is 26.2 Å². The summed E-state index contributed by atoms with van der Waals surface area (Å²) >= 11 is 0. The molecule has 194 valence electrons. The molecule has 0 aliphatic carbocycles. The molecule has 6 N–H and O–H groups in total. The topological polar surface area (TPSA) is 148 Å². The first-order chi connectivity index (χ1) is 15.8. The number of aliphatic hydroxyl groups excluding tert-OH is 1. The van der Waals surface area contributed by atoms with Crippen molar-refractivity contribution in [1.29, 1.82) is 0 Å². The highest BCUT2D eigenvalue weighted by Gasteiger charge is 2.31. The van der Waals surface area contributed by atoms with Crippen molar-refractivity contribution in [1.82, 2.24) is 10.2 Å². The van der Waals surface area contributed by atoms with E-state index in [4.69, 9.17) is 5.73 Å². The first kappa shape index (κ1) is 28.5. The van der Waals surface area contributed by atoms with Crippen molar-refractivity contribution in [2.45, 2.75) is 31.9 Å². The molecule has 1 aliphatic heterocycles. The van der Waals surface area contributed by atoms with E-state index in [1.807, 2.05) is 26.0 Å². The van der Waals surface area contributed by atoms with Crippen LogP contribution in [0.1, 0.15) is 31.9 Å². The Bertz CT molecular complexity index is 1130. The molecular formula is C23H34ClN5O5S. The van der Waals surface area contributed by atoms with Gasteiger partial charge in [-0.1, -0.05) is 6.07 Å². The Morgan fingerprint density at radius 3 is 2.43 bits per heavy atom. The van der Waals surface area contributed by atoms with Gasteiger partial charge in [0, 0.05) is 43.1 Å². The van der Waals surface area contributed by atoms with Crippen molar-refractivity contribution in [3.05, 3.63) is 48.0 Å². The number of anilines is 3. The molecule has 10 nitrogen and oxygen atoms in total. The van der Waals surface area contributed by atoms with Crippen LogP contribution in [-0.4, -0.2) is 67.5 Å². The van der Waals surface area contributed by atoms with Crippen molar-refractivity contribution < 1.29 is 23.4 Å². The van der Waals surface area contributed by atoms with Crippen molar-refractivity contribution >= 4 is 45.5 Å². The van der Waals surface area contributed by atoms with Crippen LogP contribution < -0.4 is 20.7 Å². The van der Waals surface area contributed by atoms with Gasteiger partial charge in [0.2, 0.25) is 10.0 Å². The summed E-state index contributed by atoms with van der Waals surface area (Å²) in [5.74, 6) is -0.224. The largest absolute Gasteiger partial charge is 0.506 e. The molecule has 1 aliphatic rings. The molecule has 0 aromatic heterocycles. The number of nitrogens with two attached hydrogens (primary N) is 1. The first-order valence-corrected chi connectivity index (χ1v) is 12.9. The predicted octanol–water partition coefficient (Wildman–Crippen LogP) is 2.50. The number of halogens is 1. The van der Waals surface area contributed by atoms with Crippen LogP contribution in [-0.2, 0) is 10.0 Å². The van der Waals surface area contributed by atoms with E-state index in [0.29, 0.717) is 37.3 Å². The van der Waals surface area contributed by atoms with Gasteiger partial charge in [-0.25, -0.2) is 13.2 Å². The lowest BCUT2D eigenvalue weighted by Crippen LogP contribution is -2.44. The van der Waals surface area contributed by atoms with Crippen LogP contribution >= 0.6 is 12.4 Å². The molecule has 3 rings (SSSR count). The highest BCUT2D eigenvalue weighted by molar-refractivity contribution is 7.92. The average Bonchev–Trinajstić information content (AvgIpc) is 3.12. The molecule has 2 aromatic carbocycles. The van der Waals surface area contributed by atoms with E-state index in [9.17, 15) is 23.4 Å². The molecule has 0 spiro atoms. The van der Waals surface area contributed by atoms with Crippen LogP contribution in [0.15, 0.2) is 42.5 Å². The summed E-state index contributed by atoms with van der Waals surface area (Å²) in [6.45, 7) is 5.99. The Morgan fingerprint density at radius 2 is 1.80 bits per heavy atom. The smallest absolute Gasteiger partial charge is 0.324 e. The lowest BCUT2D eigenvalue weighted by atomic mass is 9.99. The van der Waals surface area contributed by atoms with Gasteiger partial charge in [0.1, 0.15) is 5.75 Å². The quantitative estimate of drug-likeness (QED) is 0.235. The van der Waals surface area contributed by atoms with Crippen LogP contribution in [0.4, 0.5) is 21.9 Å². The number of rotatable bonds is 10. The van der Waals surface area contributed by atoms with Gasteiger partial charge in [0.25, 0.3) is 0 Å². The molecule has 1 atom stereocenters. The Balaban J connectivity index is 0.00000432. The lowest BCUT2D eigenvalue weighted by molar-refractivity contribution is 0.156. The number of β-amino-alcohol motifs (C(OH)–C–C–N with tert-alkyl or cyclic N) is 1. The zero-order valence-corrected chi connectivity index (χ0v) is 21.7. The van der Waals surface area contributed by atoms with Crippen LogP contribution in [0.5, 0.6) is 5.75 Å². The maximum Gasteiger partial charge on any atom is 0.324 e. The fourth-order valence-electron chi connectivity index (χ4n) is 3.72. The van der Waals surface area contributed by atoms with Crippen LogP contribution in [0, 0.1) is 0 Å². The molecule has 2 aromatic rings. The number of carbonyl (C=O) groups is 1. The van der Waals surface area contributed by atoms with E-state index in [2.05, 4.69) is 10.0 Å². The third-order valence-electron chi connectivity index (χ3n) is 5.78. The first-order valence-electron chi connectivity index (χ1n) is 11.0. The highest BCUT2D eigenvalue weighted by atomic mass is 35.5. The third-order valence-corrected chi connectivity index (χ3v) is 6.37. The maximum absolute atomic E-state index is 12.8. The van der Waals surface area contributed by atoms with Crippen molar-refractivity contribution in [3.63, 3.8) is 0 Å². The number of hydrogen-bond donors (Lipinski definition) is 5. The number of nitrogen functional groups attached to an aromatic ring is 1. The van der Waals surface area contributed by atoms with Crippen molar-refractivity contribution in [2.75, 3.05) is 47.8 Å². The molecule has 1 unspecified atom stereocenters. The number of benzene rings is 2. The number of aromatic hydroxyl groups is 1. The number of nitrogens with zero attached hydrogens (tertiary/aromatic N) is 2. The number of amides is 2. The fraction of sp³-hybridized carbons (Fsp3) is 0.435. The predicted molar refractivity (Wildman–Crippen MR) is 141 cm³/mol. The summed E-state index contributed by atoms with van der Waals surface area (Å²) in [6, 6.07) is 11.5. The minimum atomic E-state index is -3.57. The lowest BCUT2D eigenvalue weighted by Gasteiger charge is -2.30. The van der Waals surface area contributed by atoms with E-state index in [0.717, 1.165) is 11.9 Å². The number of urea groups is 1. The highest BCUT2D eigenvalue weighted by Crippen LogP contribution is 2.28. The van der Waals surface area contributed by atoms with Gasteiger partial charge in [0.05, 0.1) is 18.0 Å². The number of aliphatic hydroxyl groups is 1. The Morgan fingerprint density at radius 1 is 1.14 bits per heavy atom. The Hall–Kier alpha value is -2.73. The average molecular weight is 528 g/mol. The van der Waals surface area contributed by atoms with E-state index < -0.39 is 16.1 Å². The third kappa shape index (κ3) is 7.89. The van der Waals surface area contributed by atoms with E-state index in [1.54, 1.807) is 21.9 Å². The molecule has 1 heterocycles. The Kier molecular flexibility index (Phi) is 9.23. The van der Waals surface area contributed by atoms with E-state index in [-0.39, 0.29) is 42.0 Å². The second kappa shape index (κ2) is 11.3. The monoisotopic (exact) mass is 527 g/mol. The number of nitrogens with one attached hydrogen (secondary N) is 2. The fourth-order valence-corrected chi connectivity index (χ4v) is 4.28. The summed E-state index contributed by atoms with van der Waals surface area (Å²) in [5.41, 5.74) is 7.30. The molecule has 12 heteroatoms. The van der Waals surface area contributed by atoms with Crippen LogP contribution in [0.3, 0.4) is 0 Å². The second-order valence-electron chi connectivity index (χ2n) is 9.19. The number of hydrogen-bond acceptors (Lipinski definition) is 7. The molecule has 0 saturated carbocycles. The van der Waals surface area contributed by atoms with E-state index in [1.165, 1.54) is 18.2 Å². The summed E-state index contributed by atoms with van der Waals surface area (Å²) in [4.78, 5) is 16.3. The van der Waals surface area contributed by atoms with E-state index >= 15 is 0 Å². The molecule has 35 heavy (non-hydrogen) atoms. The minimum Gasteiger partial charge on any atom is -0.506 e. The van der Waals surface area contributed by atoms with Gasteiger partial charge in [-0.15, -0.1) is 12.4 Å². The van der Waals surface area contributed by atoms with Crippen molar-refractivity contribution in [2.24, 2.45) is 0 Å². The summed E-state index contributed by atoms with van der Waals surface area (Å²) in [7, 11) is -3.57. The molecule has 0 bridgehead atoms. The molecule has 1 fully saturated rings. The number of phenols is 1. The van der Waals surface area contributed by atoms with Gasteiger partial charge in [-0.2, -0.15) is 0 Å². The second-order valence-corrected chi connectivity index (χ2v) is 10.9. The minimum absolute atomic E-state index is 0. The summed E-state index contributed by atoms with van der Waals surface area (Å²) in [5, 5.41) is 23.8. The van der Waals surface area contributed by atoms with Gasteiger partial charge in [-0.05, 0) is 62.2 Å². The Labute approximate surface area is 212 Å². The molecular weight excluding hydrogens is 494 g/mol. The number of sulfonamides is 1. The summed E-state index contributed by atoms with van der Waals surface area (Å²) in [6.07, 6.45) is 0.728. The van der Waals surface area contributed by atoms with Gasteiger partial charge >= 0.3 is 6.03 Å². The van der Waals surface area contributed by atoms with Crippen LogP contribution in [0.2, 0.25) is 0 Å². The number of phenolic OH excluding ortho intramolecular Hbond substituents is 1. The standard InChI is InChI=1S/C23H33N5O5S.ClH/c1-23(2,10-11-27-12-13-28(22(27)31)18-7-5-17(24)6-8-18)25-15-21(30)16-4-9-20(29)19(14-16)26-34(3,32)33;/h4-9,14,21,25-26,29-30H,10-13,15,24H2,1-3H3;1H. The zero-order valence-electron chi connectivity index (χ0n) is 20.1. The van der Waals surface area contributed by atoms with Crippen LogP contribution in [0.25, 0.3) is 0 Å². The normalized spacial score (nSPS) is 15.1. The van der Waals surface area contributed by atoms with Gasteiger partial charge in [-0.3, -0.25) is 9.62 Å². The van der Waals surface area contributed by atoms with Gasteiger partial charge in [0.15, 0.2) is 0 Å². The zero-order chi connectivity index (χ0) is 25.1. The molecule has 1 saturated heterocycles. The van der Waals surface area contributed by atoms with Crippen molar-refractivity contribution in [3.8, 4) is 5.75 Å². The SMILES string of the molecule is CC(C)(CCN1CCN(c2ccc(N)cc2)C1=O)NCC(O)c1ccc(O)c(NS(C)(=O)=O)c1.Cl.